The van der Waals surface area contributed by atoms with Gasteiger partial charge in [-0.05, 0) is 30.4 Å². The Bertz CT molecular complexity index is 635. The van der Waals surface area contributed by atoms with Gasteiger partial charge in [0.15, 0.2) is 0 Å². The Balaban J connectivity index is 1.43. The molecule has 0 amide bonds. The van der Waals surface area contributed by atoms with Crippen LogP contribution in [-0.2, 0) is 32.3 Å². The molecule has 0 unspecified atom stereocenters. The molecule has 1 aliphatic carbocycles. The molecule has 0 N–H and O–H groups in total. The zero-order valence-electron chi connectivity index (χ0n) is 14.1. The van der Waals surface area contributed by atoms with Gasteiger partial charge in [0.25, 0.3) is 0 Å². The largest absolute Gasteiger partial charge is 0.461 e. The first-order chi connectivity index (χ1) is 12.2. The molecule has 0 radical (unpaired) electrons. The van der Waals surface area contributed by atoms with Crippen LogP contribution in [0.25, 0.3) is 0 Å². The zero-order chi connectivity index (χ0) is 17.5. The van der Waals surface area contributed by atoms with Crippen LogP contribution in [0.2, 0.25) is 0 Å². The summed E-state index contributed by atoms with van der Waals surface area (Å²) >= 11 is 0. The van der Waals surface area contributed by atoms with Crippen LogP contribution in [0.15, 0.2) is 60.7 Å². The molecule has 3 rings (SSSR count). The maximum Gasteiger partial charge on any atom is 0.309 e. The van der Waals surface area contributed by atoms with E-state index in [2.05, 4.69) is 0 Å². The lowest BCUT2D eigenvalue weighted by molar-refractivity contribution is -0.151. The normalized spacial score (nSPS) is 19.4. The van der Waals surface area contributed by atoms with Crippen molar-refractivity contribution in [1.82, 2.24) is 0 Å². The smallest absolute Gasteiger partial charge is 0.309 e. The molecule has 0 aromatic heterocycles. The van der Waals surface area contributed by atoms with E-state index in [0.717, 1.165) is 11.1 Å². The number of hydrogen-bond acceptors (Lipinski definition) is 4. The van der Waals surface area contributed by atoms with E-state index in [4.69, 9.17) is 9.47 Å². The highest BCUT2D eigenvalue weighted by atomic mass is 16.5. The molecule has 130 valence electrons. The van der Waals surface area contributed by atoms with Crippen LogP contribution in [0.5, 0.6) is 0 Å². The second-order valence-corrected chi connectivity index (χ2v) is 6.39. The van der Waals surface area contributed by atoms with Crippen LogP contribution in [0, 0.1) is 11.8 Å². The van der Waals surface area contributed by atoms with Gasteiger partial charge in [-0.15, -0.1) is 0 Å². The first-order valence-corrected chi connectivity index (χ1v) is 8.63. The van der Waals surface area contributed by atoms with Gasteiger partial charge in [-0.25, -0.2) is 0 Å². The van der Waals surface area contributed by atoms with Crippen molar-refractivity contribution >= 4 is 11.9 Å². The van der Waals surface area contributed by atoms with Gasteiger partial charge in [-0.2, -0.15) is 0 Å². The lowest BCUT2D eigenvalue weighted by Crippen LogP contribution is -2.18. The van der Waals surface area contributed by atoms with Crippen molar-refractivity contribution in [2.75, 3.05) is 0 Å². The number of benzene rings is 2. The Kier molecular flexibility index (Phi) is 5.83. The van der Waals surface area contributed by atoms with E-state index >= 15 is 0 Å². The summed E-state index contributed by atoms with van der Waals surface area (Å²) in [5.41, 5.74) is 1.93. The van der Waals surface area contributed by atoms with Crippen molar-refractivity contribution in [3.63, 3.8) is 0 Å². The SMILES string of the molecule is O=C(OCc1ccccc1)[C@H]1CC[C@H](C(=O)OCc2ccccc2)C1. The number of ether oxygens (including phenoxy) is 2. The monoisotopic (exact) mass is 338 g/mol. The number of hydrogen-bond donors (Lipinski definition) is 0. The van der Waals surface area contributed by atoms with Crippen molar-refractivity contribution < 1.29 is 19.1 Å². The van der Waals surface area contributed by atoms with Crippen molar-refractivity contribution in [3.8, 4) is 0 Å². The maximum absolute atomic E-state index is 12.2. The summed E-state index contributed by atoms with van der Waals surface area (Å²) in [5.74, 6) is -0.861. The van der Waals surface area contributed by atoms with Gasteiger partial charge in [0.05, 0.1) is 11.8 Å². The van der Waals surface area contributed by atoms with Crippen LogP contribution in [-0.4, -0.2) is 11.9 Å². The highest BCUT2D eigenvalue weighted by molar-refractivity contribution is 5.77. The fraction of sp³-hybridized carbons (Fsp3) is 0.333. The second kappa shape index (κ2) is 8.47. The van der Waals surface area contributed by atoms with Crippen LogP contribution in [0.3, 0.4) is 0 Å². The molecule has 2 aromatic rings. The molecular formula is C21H22O4. The first-order valence-electron chi connectivity index (χ1n) is 8.63. The summed E-state index contributed by atoms with van der Waals surface area (Å²) in [4.78, 5) is 24.4. The third-order valence-electron chi connectivity index (χ3n) is 4.55. The molecule has 2 atom stereocenters. The molecule has 25 heavy (non-hydrogen) atoms. The topological polar surface area (TPSA) is 52.6 Å². The van der Waals surface area contributed by atoms with Gasteiger partial charge in [-0.3, -0.25) is 9.59 Å². The summed E-state index contributed by atoms with van der Waals surface area (Å²) in [5, 5.41) is 0. The van der Waals surface area contributed by atoms with E-state index in [1.807, 2.05) is 60.7 Å². The number of esters is 2. The van der Waals surface area contributed by atoms with Gasteiger partial charge in [0.2, 0.25) is 0 Å². The lowest BCUT2D eigenvalue weighted by Gasteiger charge is -2.12. The molecule has 1 fully saturated rings. The molecule has 4 nitrogen and oxygen atoms in total. The molecular weight excluding hydrogens is 316 g/mol. The van der Waals surface area contributed by atoms with E-state index in [0.29, 0.717) is 19.3 Å². The Labute approximate surface area is 147 Å². The molecule has 1 aliphatic rings. The summed E-state index contributed by atoms with van der Waals surface area (Å²) in [6.07, 6.45) is 1.87. The van der Waals surface area contributed by atoms with E-state index in [1.54, 1.807) is 0 Å². The van der Waals surface area contributed by atoms with Crippen LogP contribution < -0.4 is 0 Å². The number of carbonyl (C=O) groups is 2. The minimum atomic E-state index is -0.220. The fourth-order valence-corrected chi connectivity index (χ4v) is 3.10. The van der Waals surface area contributed by atoms with Gasteiger partial charge in [0, 0.05) is 0 Å². The third kappa shape index (κ3) is 4.92. The first kappa shape index (κ1) is 17.2. The Hall–Kier alpha value is -2.62. The summed E-state index contributed by atoms with van der Waals surface area (Å²) in [6, 6.07) is 19.2. The lowest BCUT2D eigenvalue weighted by atomic mass is 10.1. The van der Waals surface area contributed by atoms with Crippen molar-refractivity contribution in [2.45, 2.75) is 32.5 Å². The predicted octanol–water partition coefficient (Wildman–Crippen LogP) is 3.89. The van der Waals surface area contributed by atoms with Crippen LogP contribution >= 0.6 is 0 Å². The minimum absolute atomic E-state index is 0.210. The Morgan fingerprint density at radius 2 is 1.12 bits per heavy atom. The van der Waals surface area contributed by atoms with E-state index in [9.17, 15) is 9.59 Å². The van der Waals surface area contributed by atoms with Crippen molar-refractivity contribution in [1.29, 1.82) is 0 Å². The molecule has 2 aromatic carbocycles. The van der Waals surface area contributed by atoms with Gasteiger partial charge >= 0.3 is 11.9 Å². The van der Waals surface area contributed by atoms with Crippen molar-refractivity contribution in [3.05, 3.63) is 71.8 Å². The van der Waals surface area contributed by atoms with E-state index < -0.39 is 0 Å². The third-order valence-corrected chi connectivity index (χ3v) is 4.55. The average molecular weight is 338 g/mol. The second-order valence-electron chi connectivity index (χ2n) is 6.39. The van der Waals surface area contributed by atoms with E-state index in [1.165, 1.54) is 0 Å². The van der Waals surface area contributed by atoms with Crippen molar-refractivity contribution in [2.24, 2.45) is 11.8 Å². The molecule has 0 bridgehead atoms. The Morgan fingerprint density at radius 3 is 1.52 bits per heavy atom. The standard InChI is InChI=1S/C21H22O4/c22-20(24-14-16-7-3-1-4-8-16)18-11-12-19(13-18)21(23)25-15-17-9-5-2-6-10-17/h1-10,18-19H,11-15H2/t18-,19-/m0/s1. The van der Waals surface area contributed by atoms with E-state index in [-0.39, 0.29) is 37.0 Å². The maximum atomic E-state index is 12.2. The number of rotatable bonds is 6. The molecule has 0 saturated heterocycles. The number of carbonyl (C=O) groups excluding carboxylic acids is 2. The summed E-state index contributed by atoms with van der Waals surface area (Å²) in [7, 11) is 0. The summed E-state index contributed by atoms with van der Waals surface area (Å²) < 4.78 is 10.8. The highest BCUT2D eigenvalue weighted by Crippen LogP contribution is 2.33. The van der Waals surface area contributed by atoms with Crippen LogP contribution in [0.1, 0.15) is 30.4 Å². The zero-order valence-corrected chi connectivity index (χ0v) is 14.1. The molecule has 0 aliphatic heterocycles. The van der Waals surface area contributed by atoms with Crippen LogP contribution in [0.4, 0.5) is 0 Å². The molecule has 0 heterocycles. The highest BCUT2D eigenvalue weighted by Gasteiger charge is 2.35. The Morgan fingerprint density at radius 1 is 0.720 bits per heavy atom. The van der Waals surface area contributed by atoms with Gasteiger partial charge in [-0.1, -0.05) is 60.7 Å². The molecule has 1 saturated carbocycles. The molecule has 0 spiro atoms. The average Bonchev–Trinajstić information content (AvgIpc) is 3.16. The fourth-order valence-electron chi connectivity index (χ4n) is 3.10. The minimum Gasteiger partial charge on any atom is -0.461 e. The predicted molar refractivity (Wildman–Crippen MR) is 93.3 cm³/mol. The van der Waals surface area contributed by atoms with Gasteiger partial charge < -0.3 is 9.47 Å². The molecule has 4 heteroatoms. The van der Waals surface area contributed by atoms with Gasteiger partial charge in [0.1, 0.15) is 13.2 Å². The summed E-state index contributed by atoms with van der Waals surface area (Å²) in [6.45, 7) is 0.554. The quantitative estimate of drug-likeness (QED) is 0.750.